The summed E-state index contributed by atoms with van der Waals surface area (Å²) in [6.45, 7) is 1.69. The van der Waals surface area contributed by atoms with Gasteiger partial charge in [-0.15, -0.1) is 0 Å². The number of likely N-dealkylation sites (N-methyl/N-ethyl adjacent to an activating group) is 1. The summed E-state index contributed by atoms with van der Waals surface area (Å²) < 4.78 is 5.09. The first-order chi connectivity index (χ1) is 10.1. The normalized spacial score (nSPS) is 14.2. The molecule has 0 spiro atoms. The third kappa shape index (κ3) is 3.87. The van der Waals surface area contributed by atoms with E-state index in [1.807, 2.05) is 24.3 Å². The molecule has 1 heterocycles. The van der Waals surface area contributed by atoms with E-state index in [-0.39, 0.29) is 11.9 Å². The summed E-state index contributed by atoms with van der Waals surface area (Å²) in [5.41, 5.74) is 0.967. The number of carbonyl (C=O) groups excluding carboxylic acids is 2. The zero-order valence-electron chi connectivity index (χ0n) is 12.5. The van der Waals surface area contributed by atoms with Gasteiger partial charge in [-0.05, 0) is 30.7 Å². The Morgan fingerprint density at radius 2 is 2.10 bits per heavy atom. The highest BCUT2D eigenvalue weighted by atomic mass is 16.5. The molecule has 1 N–H and O–H groups in total. The Labute approximate surface area is 124 Å². The number of amides is 3. The molecule has 0 atom stereocenters. The number of methoxy groups -OCH3 is 1. The average molecular weight is 291 g/mol. The molecule has 1 aromatic rings. The van der Waals surface area contributed by atoms with Crippen LogP contribution in [-0.2, 0) is 4.79 Å². The van der Waals surface area contributed by atoms with Gasteiger partial charge in [0.2, 0.25) is 5.91 Å². The predicted octanol–water partition coefficient (Wildman–Crippen LogP) is 1.78. The van der Waals surface area contributed by atoms with E-state index in [2.05, 4.69) is 5.32 Å². The van der Waals surface area contributed by atoms with Crippen molar-refractivity contribution >= 4 is 17.6 Å². The molecule has 1 saturated heterocycles. The van der Waals surface area contributed by atoms with E-state index in [1.165, 1.54) is 4.90 Å². The van der Waals surface area contributed by atoms with Gasteiger partial charge >= 0.3 is 6.03 Å². The highest BCUT2D eigenvalue weighted by Gasteiger charge is 2.28. The molecule has 1 fully saturated rings. The van der Waals surface area contributed by atoms with Gasteiger partial charge in [-0.3, -0.25) is 9.69 Å². The molecule has 0 bridgehead atoms. The number of nitrogens with one attached hydrogen (secondary N) is 1. The quantitative estimate of drug-likeness (QED) is 0.898. The SMILES string of the molecule is COc1ccc(NCCN(C)C(=O)N2CCCC2=O)cc1. The van der Waals surface area contributed by atoms with Gasteiger partial charge in [-0.1, -0.05) is 0 Å². The number of urea groups is 1. The molecule has 1 aliphatic rings. The van der Waals surface area contributed by atoms with E-state index in [1.54, 1.807) is 19.1 Å². The van der Waals surface area contributed by atoms with Crippen molar-refractivity contribution in [2.75, 3.05) is 39.1 Å². The van der Waals surface area contributed by atoms with E-state index in [0.717, 1.165) is 17.9 Å². The number of benzene rings is 1. The number of imide groups is 1. The summed E-state index contributed by atoms with van der Waals surface area (Å²) in [5, 5.41) is 3.23. The number of carbonyl (C=O) groups is 2. The van der Waals surface area contributed by atoms with E-state index in [9.17, 15) is 9.59 Å². The van der Waals surface area contributed by atoms with Crippen molar-refractivity contribution < 1.29 is 14.3 Å². The first kappa shape index (κ1) is 15.2. The second-order valence-electron chi connectivity index (χ2n) is 5.01. The molecule has 6 heteroatoms. The van der Waals surface area contributed by atoms with Crippen LogP contribution in [0.4, 0.5) is 10.5 Å². The van der Waals surface area contributed by atoms with Gasteiger partial charge in [0.1, 0.15) is 5.75 Å². The monoisotopic (exact) mass is 291 g/mol. The van der Waals surface area contributed by atoms with E-state index in [4.69, 9.17) is 4.74 Å². The Hall–Kier alpha value is -2.24. The van der Waals surface area contributed by atoms with E-state index in [0.29, 0.717) is 26.1 Å². The van der Waals surface area contributed by atoms with Gasteiger partial charge < -0.3 is 15.0 Å². The Morgan fingerprint density at radius 3 is 2.67 bits per heavy atom. The Balaban J connectivity index is 1.76. The molecule has 0 radical (unpaired) electrons. The molecule has 114 valence electrons. The number of hydrogen-bond acceptors (Lipinski definition) is 4. The minimum Gasteiger partial charge on any atom is -0.497 e. The van der Waals surface area contributed by atoms with E-state index >= 15 is 0 Å². The van der Waals surface area contributed by atoms with E-state index < -0.39 is 0 Å². The highest BCUT2D eigenvalue weighted by Crippen LogP contribution is 2.15. The number of anilines is 1. The molecule has 21 heavy (non-hydrogen) atoms. The number of hydrogen-bond donors (Lipinski definition) is 1. The largest absolute Gasteiger partial charge is 0.497 e. The lowest BCUT2D eigenvalue weighted by Gasteiger charge is -2.23. The number of ether oxygens (including phenoxy) is 1. The van der Waals surface area contributed by atoms with Crippen LogP contribution in [0, 0.1) is 0 Å². The molecular weight excluding hydrogens is 270 g/mol. The average Bonchev–Trinajstić information content (AvgIpc) is 2.93. The van der Waals surface area contributed by atoms with Crippen LogP contribution >= 0.6 is 0 Å². The zero-order valence-corrected chi connectivity index (χ0v) is 12.5. The maximum Gasteiger partial charge on any atom is 0.326 e. The summed E-state index contributed by atoms with van der Waals surface area (Å²) in [5.74, 6) is 0.732. The fourth-order valence-electron chi connectivity index (χ4n) is 2.23. The summed E-state index contributed by atoms with van der Waals surface area (Å²) in [6, 6.07) is 7.38. The third-order valence-electron chi connectivity index (χ3n) is 3.50. The van der Waals surface area contributed by atoms with Crippen LogP contribution in [0.25, 0.3) is 0 Å². The fourth-order valence-corrected chi connectivity index (χ4v) is 2.23. The maximum atomic E-state index is 12.1. The van der Waals surface area contributed by atoms with Crippen LogP contribution in [0.5, 0.6) is 5.75 Å². The van der Waals surface area contributed by atoms with Crippen LogP contribution in [0.1, 0.15) is 12.8 Å². The van der Waals surface area contributed by atoms with Crippen molar-refractivity contribution in [1.82, 2.24) is 9.80 Å². The lowest BCUT2D eigenvalue weighted by atomic mass is 10.3. The molecule has 6 nitrogen and oxygen atoms in total. The number of nitrogens with zero attached hydrogens (tertiary/aromatic N) is 2. The van der Waals surface area contributed by atoms with Crippen molar-refractivity contribution in [2.45, 2.75) is 12.8 Å². The second-order valence-corrected chi connectivity index (χ2v) is 5.01. The van der Waals surface area contributed by atoms with Gasteiger partial charge in [0.25, 0.3) is 0 Å². The fraction of sp³-hybridized carbons (Fsp3) is 0.467. The first-order valence-electron chi connectivity index (χ1n) is 7.05. The van der Waals surface area contributed by atoms with Gasteiger partial charge in [-0.25, -0.2) is 4.79 Å². The van der Waals surface area contributed by atoms with Crippen LogP contribution in [-0.4, -0.2) is 55.5 Å². The first-order valence-corrected chi connectivity index (χ1v) is 7.05. The molecule has 1 aromatic carbocycles. The number of rotatable bonds is 5. The van der Waals surface area contributed by atoms with Gasteiger partial charge in [-0.2, -0.15) is 0 Å². The molecule has 1 aliphatic heterocycles. The molecule has 3 amide bonds. The van der Waals surface area contributed by atoms with Crippen LogP contribution in [0.3, 0.4) is 0 Å². The minimum absolute atomic E-state index is 0.0741. The second kappa shape index (κ2) is 6.97. The minimum atomic E-state index is -0.214. The van der Waals surface area contributed by atoms with Crippen molar-refractivity contribution in [3.63, 3.8) is 0 Å². The van der Waals surface area contributed by atoms with Crippen molar-refractivity contribution in [3.8, 4) is 5.75 Å². The standard InChI is InChI=1S/C15H21N3O3/c1-17(15(20)18-10-3-4-14(18)19)11-9-16-12-5-7-13(21-2)8-6-12/h5-8,16H,3-4,9-11H2,1-2H3. The Morgan fingerprint density at radius 1 is 1.38 bits per heavy atom. The summed E-state index contributed by atoms with van der Waals surface area (Å²) >= 11 is 0. The van der Waals surface area contributed by atoms with Gasteiger partial charge in [0.05, 0.1) is 7.11 Å². The van der Waals surface area contributed by atoms with Crippen LogP contribution in [0.15, 0.2) is 24.3 Å². The zero-order chi connectivity index (χ0) is 15.2. The predicted molar refractivity (Wildman–Crippen MR) is 80.5 cm³/mol. The molecule has 0 aromatic heterocycles. The lowest BCUT2D eigenvalue weighted by Crippen LogP contribution is -2.43. The Kier molecular flexibility index (Phi) is 5.03. The number of likely N-dealkylation sites (tertiary alicyclic amines) is 1. The summed E-state index contributed by atoms with van der Waals surface area (Å²) in [4.78, 5) is 26.5. The smallest absolute Gasteiger partial charge is 0.326 e. The maximum absolute atomic E-state index is 12.1. The lowest BCUT2D eigenvalue weighted by molar-refractivity contribution is -0.125. The molecule has 2 rings (SSSR count). The van der Waals surface area contributed by atoms with Crippen LogP contribution < -0.4 is 10.1 Å². The van der Waals surface area contributed by atoms with Gasteiger partial charge in [0.15, 0.2) is 0 Å². The molecule has 0 saturated carbocycles. The Bertz CT molecular complexity index is 501. The van der Waals surface area contributed by atoms with Crippen molar-refractivity contribution in [3.05, 3.63) is 24.3 Å². The molecule has 0 unspecified atom stereocenters. The molecular formula is C15H21N3O3. The van der Waals surface area contributed by atoms with Crippen molar-refractivity contribution in [2.24, 2.45) is 0 Å². The van der Waals surface area contributed by atoms with Crippen molar-refractivity contribution in [1.29, 1.82) is 0 Å². The third-order valence-corrected chi connectivity index (χ3v) is 3.50. The topological polar surface area (TPSA) is 61.9 Å². The van der Waals surface area contributed by atoms with Gasteiger partial charge in [0, 0.05) is 38.8 Å². The molecule has 0 aliphatic carbocycles. The highest BCUT2D eigenvalue weighted by molar-refractivity contribution is 5.95. The summed E-state index contributed by atoms with van der Waals surface area (Å²) in [7, 11) is 3.34. The van der Waals surface area contributed by atoms with Crippen LogP contribution in [0.2, 0.25) is 0 Å². The summed E-state index contributed by atoms with van der Waals surface area (Å²) in [6.07, 6.45) is 1.24.